The van der Waals surface area contributed by atoms with Crippen molar-refractivity contribution in [3.05, 3.63) is 29.8 Å². The van der Waals surface area contributed by atoms with Crippen LogP contribution in [-0.4, -0.2) is 35.7 Å². The third kappa shape index (κ3) is 2.50. The molecule has 0 atom stereocenters. The van der Waals surface area contributed by atoms with Crippen LogP contribution in [0.5, 0.6) is 0 Å². The molecule has 0 radical (unpaired) electrons. The molecule has 86 valence electrons. The van der Waals surface area contributed by atoms with Gasteiger partial charge >= 0.3 is 5.97 Å². The molecule has 4 heteroatoms. The predicted molar refractivity (Wildman–Crippen MR) is 67.3 cm³/mol. The summed E-state index contributed by atoms with van der Waals surface area (Å²) in [4.78, 5) is 12.8. The van der Waals surface area contributed by atoms with E-state index in [0.29, 0.717) is 6.04 Å². The standard InChI is InChI=1S/C12H15NO2S/c1-13(11-7-16-8-11)10-4-2-9(3-5-10)6-12(14)15/h2-5,11H,6-8H2,1H3,(H,14,15). The van der Waals surface area contributed by atoms with Gasteiger partial charge in [0, 0.05) is 30.3 Å². The van der Waals surface area contributed by atoms with Gasteiger partial charge in [0.05, 0.1) is 6.42 Å². The number of hydrogen-bond acceptors (Lipinski definition) is 3. The zero-order chi connectivity index (χ0) is 11.5. The fraction of sp³-hybridized carbons (Fsp3) is 0.417. The van der Waals surface area contributed by atoms with E-state index in [4.69, 9.17) is 5.11 Å². The van der Waals surface area contributed by atoms with Crippen molar-refractivity contribution in [2.45, 2.75) is 12.5 Å². The van der Waals surface area contributed by atoms with E-state index in [2.05, 4.69) is 11.9 Å². The van der Waals surface area contributed by atoms with Crippen molar-refractivity contribution in [3.63, 3.8) is 0 Å². The number of thioether (sulfide) groups is 1. The summed E-state index contributed by atoms with van der Waals surface area (Å²) in [6, 6.07) is 8.43. The molecule has 1 aromatic carbocycles. The maximum Gasteiger partial charge on any atom is 0.307 e. The average Bonchev–Trinajstić information content (AvgIpc) is 2.15. The zero-order valence-corrected chi connectivity index (χ0v) is 10.0. The lowest BCUT2D eigenvalue weighted by molar-refractivity contribution is -0.136. The summed E-state index contributed by atoms with van der Waals surface area (Å²) >= 11 is 1.96. The fourth-order valence-electron chi connectivity index (χ4n) is 1.68. The van der Waals surface area contributed by atoms with Crippen molar-refractivity contribution in [2.75, 3.05) is 23.5 Å². The third-order valence-corrected chi connectivity index (χ3v) is 4.11. The molecule has 1 N–H and O–H groups in total. The lowest BCUT2D eigenvalue weighted by Crippen LogP contribution is -2.41. The van der Waals surface area contributed by atoms with Crippen molar-refractivity contribution in [2.24, 2.45) is 0 Å². The molecule has 1 heterocycles. The van der Waals surface area contributed by atoms with Crippen molar-refractivity contribution < 1.29 is 9.90 Å². The first-order chi connectivity index (χ1) is 7.66. The van der Waals surface area contributed by atoms with Gasteiger partial charge in [-0.25, -0.2) is 0 Å². The number of anilines is 1. The molecule has 0 unspecified atom stereocenters. The Hall–Kier alpha value is -1.16. The Bertz CT molecular complexity index is 373. The van der Waals surface area contributed by atoms with Gasteiger partial charge in [0.15, 0.2) is 0 Å². The number of nitrogens with zero attached hydrogens (tertiary/aromatic N) is 1. The van der Waals surface area contributed by atoms with Gasteiger partial charge in [0.25, 0.3) is 0 Å². The van der Waals surface area contributed by atoms with Crippen molar-refractivity contribution >= 4 is 23.4 Å². The van der Waals surface area contributed by atoms with Crippen LogP contribution in [0.1, 0.15) is 5.56 Å². The van der Waals surface area contributed by atoms with Gasteiger partial charge in [-0.2, -0.15) is 11.8 Å². The summed E-state index contributed by atoms with van der Waals surface area (Å²) in [5.74, 6) is 1.59. The van der Waals surface area contributed by atoms with Crippen LogP contribution >= 0.6 is 11.8 Å². The summed E-state index contributed by atoms with van der Waals surface area (Å²) in [5, 5.41) is 8.67. The second-order valence-corrected chi connectivity index (χ2v) is 5.11. The van der Waals surface area contributed by atoms with E-state index in [-0.39, 0.29) is 6.42 Å². The maximum absolute atomic E-state index is 10.5. The summed E-state index contributed by atoms with van der Waals surface area (Å²) in [6.45, 7) is 0. The Labute approximate surface area is 99.5 Å². The SMILES string of the molecule is CN(c1ccc(CC(=O)O)cc1)C1CSC1. The maximum atomic E-state index is 10.5. The van der Waals surface area contributed by atoms with Gasteiger partial charge in [-0.15, -0.1) is 0 Å². The van der Waals surface area contributed by atoms with Gasteiger partial charge in [0.1, 0.15) is 0 Å². The molecule has 16 heavy (non-hydrogen) atoms. The molecular formula is C12H15NO2S. The van der Waals surface area contributed by atoms with Crippen LogP contribution in [-0.2, 0) is 11.2 Å². The quantitative estimate of drug-likeness (QED) is 0.868. The van der Waals surface area contributed by atoms with Crippen LogP contribution in [0.2, 0.25) is 0 Å². The van der Waals surface area contributed by atoms with Crippen LogP contribution in [0.25, 0.3) is 0 Å². The van der Waals surface area contributed by atoms with E-state index in [1.807, 2.05) is 36.0 Å². The number of hydrogen-bond donors (Lipinski definition) is 1. The van der Waals surface area contributed by atoms with E-state index < -0.39 is 5.97 Å². The Morgan fingerprint density at radius 3 is 2.50 bits per heavy atom. The summed E-state index contributed by atoms with van der Waals surface area (Å²) in [5.41, 5.74) is 2.02. The number of carboxylic acids is 1. The first-order valence-electron chi connectivity index (χ1n) is 5.28. The van der Waals surface area contributed by atoms with E-state index in [0.717, 1.165) is 5.56 Å². The largest absolute Gasteiger partial charge is 0.481 e. The topological polar surface area (TPSA) is 40.5 Å². The molecule has 1 aliphatic heterocycles. The molecule has 0 aliphatic carbocycles. The van der Waals surface area contributed by atoms with E-state index in [1.54, 1.807) is 0 Å². The second-order valence-electron chi connectivity index (χ2n) is 4.04. The fourth-order valence-corrected chi connectivity index (χ4v) is 2.57. The summed E-state index contributed by atoms with van der Waals surface area (Å²) in [6.07, 6.45) is 0.100. The van der Waals surface area contributed by atoms with Crippen LogP contribution in [0, 0.1) is 0 Å². The molecule has 0 aromatic heterocycles. The predicted octanol–water partition coefficient (Wildman–Crippen LogP) is 1.87. The Balaban J connectivity index is 2.03. The Morgan fingerprint density at radius 2 is 2.06 bits per heavy atom. The molecule has 1 aliphatic rings. The monoisotopic (exact) mass is 237 g/mol. The summed E-state index contributed by atoms with van der Waals surface area (Å²) in [7, 11) is 2.09. The first-order valence-corrected chi connectivity index (χ1v) is 6.43. The molecule has 3 nitrogen and oxygen atoms in total. The van der Waals surface area contributed by atoms with E-state index >= 15 is 0 Å². The minimum absolute atomic E-state index is 0.100. The van der Waals surface area contributed by atoms with Gasteiger partial charge in [-0.1, -0.05) is 12.1 Å². The minimum Gasteiger partial charge on any atom is -0.481 e. The lowest BCUT2D eigenvalue weighted by Gasteiger charge is -2.35. The number of aliphatic carboxylic acids is 1. The third-order valence-electron chi connectivity index (χ3n) is 2.87. The average molecular weight is 237 g/mol. The molecule has 1 saturated heterocycles. The van der Waals surface area contributed by atoms with Crippen molar-refractivity contribution in [3.8, 4) is 0 Å². The highest BCUT2D eigenvalue weighted by molar-refractivity contribution is 8.00. The van der Waals surface area contributed by atoms with Crippen molar-refractivity contribution in [1.82, 2.24) is 0 Å². The number of benzene rings is 1. The smallest absolute Gasteiger partial charge is 0.307 e. The zero-order valence-electron chi connectivity index (χ0n) is 9.22. The summed E-state index contributed by atoms with van der Waals surface area (Å²) < 4.78 is 0. The van der Waals surface area contributed by atoms with E-state index in [1.165, 1.54) is 17.2 Å². The van der Waals surface area contributed by atoms with Crippen LogP contribution < -0.4 is 4.90 Å². The molecule has 1 aromatic rings. The minimum atomic E-state index is -0.781. The van der Waals surface area contributed by atoms with Crippen LogP contribution in [0.15, 0.2) is 24.3 Å². The van der Waals surface area contributed by atoms with Gasteiger partial charge in [-0.3, -0.25) is 4.79 Å². The van der Waals surface area contributed by atoms with Crippen LogP contribution in [0.3, 0.4) is 0 Å². The van der Waals surface area contributed by atoms with Crippen molar-refractivity contribution in [1.29, 1.82) is 0 Å². The second kappa shape index (κ2) is 4.78. The van der Waals surface area contributed by atoms with Gasteiger partial charge < -0.3 is 10.0 Å². The Kier molecular flexibility index (Phi) is 3.39. The molecule has 0 saturated carbocycles. The molecular weight excluding hydrogens is 222 g/mol. The number of carbonyl (C=O) groups is 1. The highest BCUT2D eigenvalue weighted by Gasteiger charge is 2.22. The molecule has 2 rings (SSSR count). The number of rotatable bonds is 4. The Morgan fingerprint density at radius 1 is 1.44 bits per heavy atom. The normalized spacial score (nSPS) is 15.6. The van der Waals surface area contributed by atoms with Gasteiger partial charge in [0.2, 0.25) is 0 Å². The number of carboxylic acid groups (broad SMARTS) is 1. The lowest BCUT2D eigenvalue weighted by atomic mass is 10.1. The van der Waals surface area contributed by atoms with Crippen LogP contribution in [0.4, 0.5) is 5.69 Å². The molecule has 0 amide bonds. The molecule has 0 bridgehead atoms. The van der Waals surface area contributed by atoms with Gasteiger partial charge in [-0.05, 0) is 17.7 Å². The highest BCUT2D eigenvalue weighted by atomic mass is 32.2. The highest BCUT2D eigenvalue weighted by Crippen LogP contribution is 2.26. The molecule has 0 spiro atoms. The molecule has 1 fully saturated rings. The first kappa shape index (κ1) is 11.3. The van der Waals surface area contributed by atoms with E-state index in [9.17, 15) is 4.79 Å².